The van der Waals surface area contributed by atoms with E-state index in [0.29, 0.717) is 12.8 Å². The fourth-order valence-electron chi connectivity index (χ4n) is 1.91. The average molecular weight is 239 g/mol. The fourth-order valence-corrected chi connectivity index (χ4v) is 1.91. The van der Waals surface area contributed by atoms with Gasteiger partial charge in [0.1, 0.15) is 0 Å². The molecule has 0 aliphatic heterocycles. The SMILES string of the molecule is N[C@H](Cc1ccccc1)C(=O)Cc1ccccc1. The van der Waals surface area contributed by atoms with Crippen LogP contribution >= 0.6 is 0 Å². The van der Waals surface area contributed by atoms with Crippen LogP contribution in [0.25, 0.3) is 0 Å². The Bertz CT molecular complexity index is 493. The van der Waals surface area contributed by atoms with Crippen molar-refractivity contribution in [1.29, 1.82) is 0 Å². The first-order chi connectivity index (χ1) is 8.75. The number of Topliss-reactive ketones (excluding diaryl/α,β-unsaturated/α-hetero) is 1. The van der Waals surface area contributed by atoms with Gasteiger partial charge in [-0.15, -0.1) is 0 Å². The molecule has 1 atom stereocenters. The van der Waals surface area contributed by atoms with Crippen molar-refractivity contribution in [3.05, 3.63) is 71.8 Å². The summed E-state index contributed by atoms with van der Waals surface area (Å²) in [5, 5.41) is 0. The second-order valence-corrected chi connectivity index (χ2v) is 4.42. The molecule has 0 aliphatic rings. The molecule has 0 aliphatic carbocycles. The average Bonchev–Trinajstić information content (AvgIpc) is 2.41. The molecule has 92 valence electrons. The topological polar surface area (TPSA) is 43.1 Å². The van der Waals surface area contributed by atoms with Crippen molar-refractivity contribution < 1.29 is 4.79 Å². The van der Waals surface area contributed by atoms with Crippen molar-refractivity contribution in [1.82, 2.24) is 0 Å². The molecule has 0 saturated heterocycles. The zero-order chi connectivity index (χ0) is 12.8. The van der Waals surface area contributed by atoms with Crippen LogP contribution < -0.4 is 5.73 Å². The summed E-state index contributed by atoms with van der Waals surface area (Å²) >= 11 is 0. The molecule has 0 fully saturated rings. The molecule has 0 bridgehead atoms. The van der Waals surface area contributed by atoms with Crippen molar-refractivity contribution >= 4 is 5.78 Å². The third kappa shape index (κ3) is 3.54. The van der Waals surface area contributed by atoms with E-state index in [1.807, 2.05) is 60.7 Å². The Labute approximate surface area is 107 Å². The van der Waals surface area contributed by atoms with E-state index in [2.05, 4.69) is 0 Å². The third-order valence-corrected chi connectivity index (χ3v) is 2.93. The normalized spacial score (nSPS) is 12.1. The number of carbonyl (C=O) groups excluding carboxylic acids is 1. The molecule has 2 rings (SSSR count). The molecule has 0 amide bonds. The van der Waals surface area contributed by atoms with Crippen LogP contribution in [0.15, 0.2) is 60.7 Å². The first-order valence-electron chi connectivity index (χ1n) is 6.12. The van der Waals surface area contributed by atoms with E-state index in [4.69, 9.17) is 5.73 Å². The van der Waals surface area contributed by atoms with E-state index in [1.54, 1.807) is 0 Å². The highest BCUT2D eigenvalue weighted by atomic mass is 16.1. The first kappa shape index (κ1) is 12.5. The molecular weight excluding hydrogens is 222 g/mol. The predicted molar refractivity (Wildman–Crippen MR) is 73.3 cm³/mol. The van der Waals surface area contributed by atoms with Gasteiger partial charge >= 0.3 is 0 Å². The summed E-state index contributed by atoms with van der Waals surface area (Å²) in [7, 11) is 0. The molecule has 2 nitrogen and oxygen atoms in total. The van der Waals surface area contributed by atoms with Crippen molar-refractivity contribution in [2.24, 2.45) is 5.73 Å². The van der Waals surface area contributed by atoms with Gasteiger partial charge in [-0.25, -0.2) is 0 Å². The van der Waals surface area contributed by atoms with E-state index in [-0.39, 0.29) is 5.78 Å². The zero-order valence-corrected chi connectivity index (χ0v) is 10.3. The van der Waals surface area contributed by atoms with Gasteiger partial charge in [0.05, 0.1) is 6.04 Å². The monoisotopic (exact) mass is 239 g/mol. The number of carbonyl (C=O) groups is 1. The van der Waals surface area contributed by atoms with Crippen LogP contribution in [0.2, 0.25) is 0 Å². The van der Waals surface area contributed by atoms with E-state index in [0.717, 1.165) is 11.1 Å². The number of ketones is 1. The molecular formula is C16H17NO. The van der Waals surface area contributed by atoms with Crippen LogP contribution in [0.1, 0.15) is 11.1 Å². The minimum absolute atomic E-state index is 0.0880. The van der Waals surface area contributed by atoms with E-state index < -0.39 is 6.04 Å². The molecule has 0 radical (unpaired) electrons. The van der Waals surface area contributed by atoms with Crippen molar-refractivity contribution in [3.8, 4) is 0 Å². The predicted octanol–water partition coefficient (Wildman–Crippen LogP) is 2.37. The Hall–Kier alpha value is -1.93. The van der Waals surface area contributed by atoms with Crippen LogP contribution in [0.5, 0.6) is 0 Å². The quantitative estimate of drug-likeness (QED) is 0.870. The van der Waals surface area contributed by atoms with Crippen molar-refractivity contribution in [3.63, 3.8) is 0 Å². The second-order valence-electron chi connectivity index (χ2n) is 4.42. The summed E-state index contributed by atoms with van der Waals surface area (Å²) in [6, 6.07) is 19.2. The third-order valence-electron chi connectivity index (χ3n) is 2.93. The van der Waals surface area contributed by atoms with Gasteiger partial charge in [0.15, 0.2) is 5.78 Å². The van der Waals surface area contributed by atoms with E-state index in [9.17, 15) is 4.79 Å². The van der Waals surface area contributed by atoms with E-state index >= 15 is 0 Å². The van der Waals surface area contributed by atoms with Gasteiger partial charge in [-0.3, -0.25) is 4.79 Å². The number of hydrogen-bond donors (Lipinski definition) is 1. The highest BCUT2D eigenvalue weighted by Crippen LogP contribution is 2.06. The number of hydrogen-bond acceptors (Lipinski definition) is 2. The lowest BCUT2D eigenvalue weighted by Gasteiger charge is -2.10. The van der Waals surface area contributed by atoms with Crippen LogP contribution in [-0.2, 0) is 17.6 Å². The molecule has 0 heterocycles. The minimum atomic E-state index is -0.424. The number of rotatable bonds is 5. The molecule has 2 N–H and O–H groups in total. The molecule has 0 aromatic heterocycles. The zero-order valence-electron chi connectivity index (χ0n) is 10.3. The molecule has 0 unspecified atom stereocenters. The van der Waals surface area contributed by atoms with Crippen LogP contribution in [0.3, 0.4) is 0 Å². The van der Waals surface area contributed by atoms with Crippen molar-refractivity contribution in [2.75, 3.05) is 0 Å². The fraction of sp³-hybridized carbons (Fsp3) is 0.188. The van der Waals surface area contributed by atoms with Crippen LogP contribution in [0, 0.1) is 0 Å². The Kier molecular flexibility index (Phi) is 4.26. The summed E-state index contributed by atoms with van der Waals surface area (Å²) in [5.74, 6) is 0.0880. The first-order valence-corrected chi connectivity index (χ1v) is 6.12. The molecule has 0 spiro atoms. The Morgan fingerprint density at radius 2 is 1.39 bits per heavy atom. The Balaban J connectivity index is 1.93. The van der Waals surface area contributed by atoms with Gasteiger partial charge in [0.25, 0.3) is 0 Å². The number of benzene rings is 2. The molecule has 2 heteroatoms. The van der Waals surface area contributed by atoms with Crippen LogP contribution in [0.4, 0.5) is 0 Å². The molecule has 0 saturated carbocycles. The van der Waals surface area contributed by atoms with Gasteiger partial charge in [0, 0.05) is 6.42 Å². The standard InChI is InChI=1S/C16H17NO/c17-15(11-13-7-3-1-4-8-13)16(18)12-14-9-5-2-6-10-14/h1-10,15H,11-12,17H2/t15-/m1/s1. The molecule has 2 aromatic carbocycles. The summed E-state index contributed by atoms with van der Waals surface area (Å²) < 4.78 is 0. The maximum absolute atomic E-state index is 12.0. The van der Waals surface area contributed by atoms with Crippen LogP contribution in [-0.4, -0.2) is 11.8 Å². The maximum atomic E-state index is 12.0. The van der Waals surface area contributed by atoms with Crippen molar-refractivity contribution in [2.45, 2.75) is 18.9 Å². The van der Waals surface area contributed by atoms with Gasteiger partial charge in [-0.2, -0.15) is 0 Å². The highest BCUT2D eigenvalue weighted by Gasteiger charge is 2.14. The summed E-state index contributed by atoms with van der Waals surface area (Å²) in [6.07, 6.45) is 1.02. The summed E-state index contributed by atoms with van der Waals surface area (Å²) in [6.45, 7) is 0. The van der Waals surface area contributed by atoms with Gasteiger partial charge in [0.2, 0.25) is 0 Å². The lowest BCUT2D eigenvalue weighted by molar-refractivity contribution is -0.119. The Morgan fingerprint density at radius 3 is 1.94 bits per heavy atom. The summed E-state index contributed by atoms with van der Waals surface area (Å²) in [5.41, 5.74) is 8.07. The highest BCUT2D eigenvalue weighted by molar-refractivity contribution is 5.86. The molecule has 18 heavy (non-hydrogen) atoms. The Morgan fingerprint density at radius 1 is 0.889 bits per heavy atom. The maximum Gasteiger partial charge on any atom is 0.154 e. The second kappa shape index (κ2) is 6.12. The lowest BCUT2D eigenvalue weighted by Crippen LogP contribution is -2.33. The summed E-state index contributed by atoms with van der Waals surface area (Å²) in [4.78, 5) is 12.0. The van der Waals surface area contributed by atoms with Gasteiger partial charge < -0.3 is 5.73 Å². The number of nitrogens with two attached hydrogens (primary N) is 1. The van der Waals surface area contributed by atoms with Gasteiger partial charge in [-0.1, -0.05) is 60.7 Å². The smallest absolute Gasteiger partial charge is 0.154 e. The minimum Gasteiger partial charge on any atom is -0.321 e. The van der Waals surface area contributed by atoms with Gasteiger partial charge in [-0.05, 0) is 17.5 Å². The lowest BCUT2D eigenvalue weighted by atomic mass is 9.99. The molecule has 2 aromatic rings. The van der Waals surface area contributed by atoms with E-state index in [1.165, 1.54) is 0 Å². The largest absolute Gasteiger partial charge is 0.321 e.